The van der Waals surface area contributed by atoms with Gasteiger partial charge in [0.25, 0.3) is 0 Å². The Kier molecular flexibility index (Phi) is 10.2. The molecule has 0 saturated carbocycles. The zero-order valence-corrected chi connectivity index (χ0v) is 12.8. The molecule has 1 atom stereocenters. The molecule has 0 rings (SSSR count). The van der Waals surface area contributed by atoms with Crippen LogP contribution in [0.4, 0.5) is 0 Å². The van der Waals surface area contributed by atoms with Gasteiger partial charge in [0.15, 0.2) is 0 Å². The van der Waals surface area contributed by atoms with Crippen molar-refractivity contribution in [2.75, 3.05) is 41.0 Å². The van der Waals surface area contributed by atoms with Crippen LogP contribution in [0.15, 0.2) is 0 Å². The molecule has 0 heterocycles. The number of esters is 3. The third-order valence-electron chi connectivity index (χ3n) is 2.97. The third kappa shape index (κ3) is 7.62. The molecular weight excluding hydrogens is 280 g/mol. The first kappa shape index (κ1) is 19.3. The highest BCUT2D eigenvalue weighted by atomic mass is 16.5. The fourth-order valence-corrected chi connectivity index (χ4v) is 1.80. The molecule has 0 aromatic heterocycles. The summed E-state index contributed by atoms with van der Waals surface area (Å²) in [5, 5.41) is 0. The molecular formula is C13H24N2O6. The Morgan fingerprint density at radius 3 is 1.86 bits per heavy atom. The first-order valence-electron chi connectivity index (χ1n) is 6.65. The summed E-state index contributed by atoms with van der Waals surface area (Å²) >= 11 is 0. The number of ether oxygens (including phenoxy) is 3. The van der Waals surface area contributed by atoms with E-state index in [1.54, 1.807) is 0 Å². The molecule has 0 aliphatic heterocycles. The molecule has 21 heavy (non-hydrogen) atoms. The van der Waals surface area contributed by atoms with Gasteiger partial charge in [0.05, 0.1) is 34.4 Å². The third-order valence-corrected chi connectivity index (χ3v) is 2.97. The second kappa shape index (κ2) is 11.0. The molecule has 8 nitrogen and oxygen atoms in total. The van der Waals surface area contributed by atoms with Gasteiger partial charge in [-0.3, -0.25) is 19.3 Å². The van der Waals surface area contributed by atoms with Gasteiger partial charge in [-0.05, 0) is 19.4 Å². The Hall–Kier alpha value is -1.67. The van der Waals surface area contributed by atoms with E-state index in [1.165, 1.54) is 26.2 Å². The number of nitrogens with two attached hydrogens (primary N) is 1. The number of carbonyl (C=O) groups excluding carboxylic acids is 3. The maximum atomic E-state index is 11.9. The monoisotopic (exact) mass is 304 g/mol. The maximum Gasteiger partial charge on any atom is 0.323 e. The van der Waals surface area contributed by atoms with E-state index in [1.807, 2.05) is 0 Å². The van der Waals surface area contributed by atoms with Crippen molar-refractivity contribution in [3.8, 4) is 0 Å². The molecule has 8 heteroatoms. The second-order valence-electron chi connectivity index (χ2n) is 4.38. The van der Waals surface area contributed by atoms with E-state index in [0.717, 1.165) is 6.42 Å². The van der Waals surface area contributed by atoms with Crippen molar-refractivity contribution >= 4 is 17.9 Å². The van der Waals surface area contributed by atoms with Crippen LogP contribution < -0.4 is 5.73 Å². The van der Waals surface area contributed by atoms with E-state index in [-0.39, 0.29) is 13.1 Å². The Balaban J connectivity index is 4.98. The predicted octanol–water partition coefficient (Wildman–Crippen LogP) is -0.695. The van der Waals surface area contributed by atoms with E-state index in [9.17, 15) is 14.4 Å². The van der Waals surface area contributed by atoms with Crippen LogP contribution >= 0.6 is 0 Å². The number of nitrogens with zero attached hydrogens (tertiary/aromatic N) is 1. The number of carbonyl (C=O) groups is 3. The van der Waals surface area contributed by atoms with Crippen LogP contribution in [-0.4, -0.2) is 69.8 Å². The van der Waals surface area contributed by atoms with Crippen LogP contribution in [0.2, 0.25) is 0 Å². The molecule has 2 N–H and O–H groups in total. The zero-order valence-electron chi connectivity index (χ0n) is 12.8. The van der Waals surface area contributed by atoms with Gasteiger partial charge < -0.3 is 19.9 Å². The smallest absolute Gasteiger partial charge is 0.323 e. The average Bonchev–Trinajstić information content (AvgIpc) is 2.49. The summed E-state index contributed by atoms with van der Waals surface area (Å²) in [6.45, 7) is 0.101. The number of hydrogen-bond donors (Lipinski definition) is 1. The van der Waals surface area contributed by atoms with Gasteiger partial charge >= 0.3 is 17.9 Å². The molecule has 0 spiro atoms. The lowest BCUT2D eigenvalue weighted by molar-refractivity contribution is -0.153. The lowest BCUT2D eigenvalue weighted by Gasteiger charge is -2.27. The molecule has 0 aromatic rings. The molecule has 0 amide bonds. The summed E-state index contributed by atoms with van der Waals surface area (Å²) in [6, 6.07) is -0.722. The molecule has 0 aliphatic rings. The number of unbranched alkanes of at least 4 members (excludes halogenated alkanes) is 1. The number of hydrogen-bond acceptors (Lipinski definition) is 8. The Labute approximate surface area is 124 Å². The molecule has 0 bridgehead atoms. The SMILES string of the molecule is COC(=O)CN(CC(=O)OC)[C@@H](CCCCN)C(=O)OC. The maximum absolute atomic E-state index is 11.9. The van der Waals surface area contributed by atoms with Crippen LogP contribution in [0.5, 0.6) is 0 Å². The van der Waals surface area contributed by atoms with Crippen LogP contribution in [-0.2, 0) is 28.6 Å². The van der Waals surface area contributed by atoms with Gasteiger partial charge in [-0.1, -0.05) is 6.42 Å². The van der Waals surface area contributed by atoms with E-state index < -0.39 is 23.9 Å². The highest BCUT2D eigenvalue weighted by Gasteiger charge is 2.30. The topological polar surface area (TPSA) is 108 Å². The Bertz CT molecular complexity index is 330. The average molecular weight is 304 g/mol. The molecule has 0 aliphatic carbocycles. The lowest BCUT2D eigenvalue weighted by Crippen LogP contribution is -2.47. The van der Waals surface area contributed by atoms with Gasteiger partial charge in [0.1, 0.15) is 6.04 Å². The summed E-state index contributed by atoms with van der Waals surface area (Å²) in [6.07, 6.45) is 1.84. The minimum atomic E-state index is -0.722. The van der Waals surface area contributed by atoms with Gasteiger partial charge in [0, 0.05) is 0 Å². The predicted molar refractivity (Wildman–Crippen MR) is 74.3 cm³/mol. The van der Waals surface area contributed by atoms with Crippen molar-refractivity contribution in [3.63, 3.8) is 0 Å². The van der Waals surface area contributed by atoms with Crippen molar-refractivity contribution in [3.05, 3.63) is 0 Å². The summed E-state index contributed by atoms with van der Waals surface area (Å²) in [7, 11) is 3.73. The Morgan fingerprint density at radius 1 is 0.952 bits per heavy atom. The van der Waals surface area contributed by atoms with Gasteiger partial charge in [-0.2, -0.15) is 0 Å². The molecule has 0 aromatic carbocycles. The highest BCUT2D eigenvalue weighted by molar-refractivity contribution is 5.80. The molecule has 0 radical (unpaired) electrons. The van der Waals surface area contributed by atoms with Crippen LogP contribution in [0.1, 0.15) is 19.3 Å². The zero-order chi connectivity index (χ0) is 16.3. The highest BCUT2D eigenvalue weighted by Crippen LogP contribution is 2.11. The second-order valence-corrected chi connectivity index (χ2v) is 4.38. The minimum Gasteiger partial charge on any atom is -0.468 e. The van der Waals surface area contributed by atoms with Crippen molar-refractivity contribution in [2.24, 2.45) is 5.73 Å². The van der Waals surface area contributed by atoms with E-state index in [2.05, 4.69) is 9.47 Å². The van der Waals surface area contributed by atoms with Crippen molar-refractivity contribution in [1.82, 2.24) is 4.90 Å². The lowest BCUT2D eigenvalue weighted by atomic mass is 10.1. The number of rotatable bonds is 10. The van der Waals surface area contributed by atoms with Crippen LogP contribution in [0, 0.1) is 0 Å². The summed E-state index contributed by atoms with van der Waals surface area (Å²) < 4.78 is 13.9. The van der Waals surface area contributed by atoms with Crippen molar-refractivity contribution in [2.45, 2.75) is 25.3 Å². The standard InChI is InChI=1S/C13H24N2O6/c1-19-11(16)8-15(9-12(17)20-2)10(13(18)21-3)6-4-5-7-14/h10H,4-9,14H2,1-3H3/t10-/m0/s1. The molecule has 0 fully saturated rings. The largest absolute Gasteiger partial charge is 0.468 e. The Morgan fingerprint density at radius 2 is 1.48 bits per heavy atom. The molecule has 122 valence electrons. The normalized spacial score (nSPS) is 11.9. The fourth-order valence-electron chi connectivity index (χ4n) is 1.80. The van der Waals surface area contributed by atoms with Crippen LogP contribution in [0.25, 0.3) is 0 Å². The minimum absolute atomic E-state index is 0.200. The van der Waals surface area contributed by atoms with Crippen LogP contribution in [0.3, 0.4) is 0 Å². The van der Waals surface area contributed by atoms with E-state index >= 15 is 0 Å². The fraction of sp³-hybridized carbons (Fsp3) is 0.769. The van der Waals surface area contributed by atoms with Crippen molar-refractivity contribution in [1.29, 1.82) is 0 Å². The van der Waals surface area contributed by atoms with E-state index in [0.29, 0.717) is 19.4 Å². The van der Waals surface area contributed by atoms with Gasteiger partial charge in [0.2, 0.25) is 0 Å². The van der Waals surface area contributed by atoms with Gasteiger partial charge in [-0.15, -0.1) is 0 Å². The quantitative estimate of drug-likeness (QED) is 0.321. The first-order chi connectivity index (χ1) is 9.99. The number of methoxy groups -OCH3 is 3. The summed E-state index contributed by atoms with van der Waals surface area (Å²) in [5.41, 5.74) is 5.43. The summed E-state index contributed by atoms with van der Waals surface area (Å²) in [4.78, 5) is 36.2. The summed E-state index contributed by atoms with van der Waals surface area (Å²) in [5.74, 6) is -1.61. The molecule has 0 saturated heterocycles. The van der Waals surface area contributed by atoms with E-state index in [4.69, 9.17) is 10.5 Å². The van der Waals surface area contributed by atoms with Gasteiger partial charge in [-0.25, -0.2) is 0 Å². The molecule has 0 unspecified atom stereocenters. The van der Waals surface area contributed by atoms with Crippen molar-refractivity contribution < 1.29 is 28.6 Å². The first-order valence-corrected chi connectivity index (χ1v) is 6.65.